The van der Waals surface area contributed by atoms with E-state index in [2.05, 4.69) is 10.3 Å². The number of carbonyl (C=O) groups excluding carboxylic acids is 1. The number of nitrogens with zero attached hydrogens (tertiary/aromatic N) is 2. The molecule has 0 aromatic heterocycles. The van der Waals surface area contributed by atoms with E-state index in [9.17, 15) is 4.79 Å². The van der Waals surface area contributed by atoms with Crippen LogP contribution >= 0.6 is 24.0 Å². The van der Waals surface area contributed by atoms with E-state index in [0.29, 0.717) is 49.2 Å². The zero-order valence-corrected chi connectivity index (χ0v) is 20.3. The summed E-state index contributed by atoms with van der Waals surface area (Å²) < 4.78 is 10.5. The van der Waals surface area contributed by atoms with Crippen LogP contribution in [-0.2, 0) is 13.1 Å². The van der Waals surface area contributed by atoms with Gasteiger partial charge in [0.05, 0.1) is 20.8 Å². The number of nitrogens with two attached hydrogens (primary N) is 1. The molecular weight excluding hydrogens is 495 g/mol. The average molecular weight is 526 g/mol. The van der Waals surface area contributed by atoms with Crippen LogP contribution < -0.4 is 20.5 Å². The molecule has 0 saturated heterocycles. The Labute approximate surface area is 195 Å². The fraction of sp³-hybridized carbons (Fsp3) is 0.364. The van der Waals surface area contributed by atoms with Crippen LogP contribution in [0.3, 0.4) is 0 Å². The maximum absolute atomic E-state index is 12.3. The topological polar surface area (TPSA) is 89.2 Å². The van der Waals surface area contributed by atoms with Crippen LogP contribution in [0, 0.1) is 0 Å². The SMILES string of the molecule is CCN(CC)C(=O)c1ccc(CNC(N)=NCc2ccc(OC)c(OC)c2)cc1.I. The van der Waals surface area contributed by atoms with Gasteiger partial charge in [0, 0.05) is 25.2 Å². The molecule has 0 aliphatic rings. The third-order valence-electron chi connectivity index (χ3n) is 4.61. The Morgan fingerprint density at radius 3 is 2.17 bits per heavy atom. The second kappa shape index (κ2) is 12.9. The number of rotatable bonds is 9. The van der Waals surface area contributed by atoms with E-state index >= 15 is 0 Å². The highest BCUT2D eigenvalue weighted by molar-refractivity contribution is 14.0. The number of ether oxygens (including phenoxy) is 2. The summed E-state index contributed by atoms with van der Waals surface area (Å²) >= 11 is 0. The minimum Gasteiger partial charge on any atom is -0.493 e. The van der Waals surface area contributed by atoms with E-state index in [1.54, 1.807) is 19.1 Å². The van der Waals surface area contributed by atoms with Crippen LogP contribution in [0.2, 0.25) is 0 Å². The van der Waals surface area contributed by atoms with Crippen molar-refractivity contribution in [3.63, 3.8) is 0 Å². The Morgan fingerprint density at radius 1 is 1.00 bits per heavy atom. The summed E-state index contributed by atoms with van der Waals surface area (Å²) in [5.41, 5.74) is 8.64. The van der Waals surface area contributed by atoms with Gasteiger partial charge in [-0.2, -0.15) is 0 Å². The van der Waals surface area contributed by atoms with Gasteiger partial charge in [-0.1, -0.05) is 18.2 Å². The van der Waals surface area contributed by atoms with E-state index in [4.69, 9.17) is 15.2 Å². The Kier molecular flexibility index (Phi) is 11.0. The minimum absolute atomic E-state index is 0. The maximum atomic E-state index is 12.3. The monoisotopic (exact) mass is 526 g/mol. The van der Waals surface area contributed by atoms with Crippen molar-refractivity contribution >= 4 is 35.8 Å². The molecule has 0 heterocycles. The maximum Gasteiger partial charge on any atom is 0.253 e. The van der Waals surface area contributed by atoms with Crippen molar-refractivity contribution in [3.05, 3.63) is 59.2 Å². The number of benzene rings is 2. The highest BCUT2D eigenvalue weighted by Crippen LogP contribution is 2.27. The van der Waals surface area contributed by atoms with Crippen molar-refractivity contribution in [1.82, 2.24) is 10.2 Å². The van der Waals surface area contributed by atoms with Crippen LogP contribution in [0.25, 0.3) is 0 Å². The largest absolute Gasteiger partial charge is 0.493 e. The van der Waals surface area contributed by atoms with Gasteiger partial charge in [0.1, 0.15) is 0 Å². The fourth-order valence-corrected chi connectivity index (χ4v) is 2.86. The van der Waals surface area contributed by atoms with Crippen LogP contribution in [0.4, 0.5) is 0 Å². The predicted octanol–water partition coefficient (Wildman–Crippen LogP) is 3.41. The molecule has 7 nitrogen and oxygen atoms in total. The molecular formula is C22H31IN4O3. The molecule has 2 aromatic rings. The standard InChI is InChI=1S/C22H30N4O3.HI/c1-5-26(6-2)21(27)18-10-7-16(8-11-18)14-24-22(23)25-15-17-9-12-19(28-3)20(13-17)29-4;/h7-13H,5-6,14-15H2,1-4H3,(H3,23,24,25);1H. The van der Waals surface area contributed by atoms with Gasteiger partial charge in [-0.25, -0.2) is 4.99 Å². The molecule has 0 spiro atoms. The first-order valence-corrected chi connectivity index (χ1v) is 9.65. The third kappa shape index (κ3) is 7.08. The Balaban J connectivity index is 0.00000450. The van der Waals surface area contributed by atoms with Crippen molar-refractivity contribution in [2.45, 2.75) is 26.9 Å². The van der Waals surface area contributed by atoms with Gasteiger partial charge in [0.2, 0.25) is 0 Å². The zero-order chi connectivity index (χ0) is 21.2. The summed E-state index contributed by atoms with van der Waals surface area (Å²) in [6.07, 6.45) is 0. The number of methoxy groups -OCH3 is 2. The highest BCUT2D eigenvalue weighted by Gasteiger charge is 2.11. The second-order valence-corrected chi connectivity index (χ2v) is 6.42. The molecule has 3 N–H and O–H groups in total. The van der Waals surface area contributed by atoms with E-state index in [0.717, 1.165) is 11.1 Å². The molecule has 8 heteroatoms. The van der Waals surface area contributed by atoms with Crippen molar-refractivity contribution < 1.29 is 14.3 Å². The van der Waals surface area contributed by atoms with Crippen LogP contribution in [0.1, 0.15) is 35.3 Å². The smallest absolute Gasteiger partial charge is 0.253 e. The van der Waals surface area contributed by atoms with Crippen LogP contribution in [0.15, 0.2) is 47.5 Å². The lowest BCUT2D eigenvalue weighted by Crippen LogP contribution is -2.31. The molecule has 0 aliphatic heterocycles. The molecule has 1 amide bonds. The van der Waals surface area contributed by atoms with Gasteiger partial charge >= 0.3 is 0 Å². The number of aliphatic imine (C=N–C) groups is 1. The Bertz CT molecular complexity index is 837. The first kappa shape index (κ1) is 25.5. The summed E-state index contributed by atoms with van der Waals surface area (Å²) in [6.45, 7) is 6.31. The molecule has 0 bridgehead atoms. The predicted molar refractivity (Wildman–Crippen MR) is 131 cm³/mol. The molecule has 0 radical (unpaired) electrons. The zero-order valence-electron chi connectivity index (χ0n) is 18.0. The van der Waals surface area contributed by atoms with Crippen LogP contribution in [-0.4, -0.2) is 44.1 Å². The molecule has 0 unspecified atom stereocenters. The fourth-order valence-electron chi connectivity index (χ4n) is 2.86. The van der Waals surface area contributed by atoms with Gasteiger partial charge in [-0.3, -0.25) is 4.79 Å². The lowest BCUT2D eigenvalue weighted by molar-refractivity contribution is 0.0773. The van der Waals surface area contributed by atoms with E-state index in [1.165, 1.54) is 0 Å². The molecule has 0 saturated carbocycles. The van der Waals surface area contributed by atoms with Gasteiger partial charge in [-0.05, 0) is 49.2 Å². The molecule has 30 heavy (non-hydrogen) atoms. The quantitative estimate of drug-likeness (QED) is 0.297. The summed E-state index contributed by atoms with van der Waals surface area (Å²) in [4.78, 5) is 18.5. The van der Waals surface area contributed by atoms with Gasteiger partial charge in [0.15, 0.2) is 17.5 Å². The molecule has 0 atom stereocenters. The van der Waals surface area contributed by atoms with Gasteiger partial charge in [0.25, 0.3) is 5.91 Å². The number of carbonyl (C=O) groups is 1. The van der Waals surface area contributed by atoms with E-state index in [-0.39, 0.29) is 29.9 Å². The molecule has 0 aliphatic carbocycles. The number of hydrogen-bond acceptors (Lipinski definition) is 4. The highest BCUT2D eigenvalue weighted by atomic mass is 127. The van der Waals surface area contributed by atoms with Gasteiger partial charge < -0.3 is 25.4 Å². The lowest BCUT2D eigenvalue weighted by Gasteiger charge is -2.18. The van der Waals surface area contributed by atoms with Crippen molar-refractivity contribution in [1.29, 1.82) is 0 Å². The second-order valence-electron chi connectivity index (χ2n) is 6.42. The van der Waals surface area contributed by atoms with Crippen LogP contribution in [0.5, 0.6) is 11.5 Å². The minimum atomic E-state index is 0. The Morgan fingerprint density at radius 2 is 1.60 bits per heavy atom. The van der Waals surface area contributed by atoms with Crippen molar-refractivity contribution in [2.75, 3.05) is 27.3 Å². The number of guanidine groups is 1. The molecule has 2 rings (SSSR count). The number of hydrogen-bond donors (Lipinski definition) is 2. The number of amides is 1. The first-order chi connectivity index (χ1) is 14.0. The van der Waals surface area contributed by atoms with E-state index < -0.39 is 0 Å². The summed E-state index contributed by atoms with van der Waals surface area (Å²) in [6, 6.07) is 13.2. The summed E-state index contributed by atoms with van der Waals surface area (Å²) in [5.74, 6) is 1.73. The van der Waals surface area contributed by atoms with E-state index in [1.807, 2.05) is 56.3 Å². The first-order valence-electron chi connectivity index (χ1n) is 9.65. The summed E-state index contributed by atoms with van der Waals surface area (Å²) in [5, 5.41) is 3.09. The number of halogens is 1. The Hall–Kier alpha value is -2.49. The van der Waals surface area contributed by atoms with Crippen molar-refractivity contribution in [2.24, 2.45) is 10.7 Å². The normalized spacial score (nSPS) is 10.7. The molecule has 164 valence electrons. The van der Waals surface area contributed by atoms with Gasteiger partial charge in [-0.15, -0.1) is 24.0 Å². The summed E-state index contributed by atoms with van der Waals surface area (Å²) in [7, 11) is 3.20. The average Bonchev–Trinajstić information content (AvgIpc) is 2.77. The lowest BCUT2D eigenvalue weighted by atomic mass is 10.1. The number of nitrogens with one attached hydrogen (secondary N) is 1. The molecule has 0 fully saturated rings. The molecule has 2 aromatic carbocycles. The van der Waals surface area contributed by atoms with Crippen molar-refractivity contribution in [3.8, 4) is 11.5 Å². The third-order valence-corrected chi connectivity index (χ3v) is 4.61.